The molecule has 29 heavy (non-hydrogen) atoms. The number of carbonyl (C=O) groups excluding carboxylic acids is 1. The van der Waals surface area contributed by atoms with Crippen molar-refractivity contribution in [2.75, 3.05) is 6.61 Å². The van der Waals surface area contributed by atoms with Crippen molar-refractivity contribution in [1.82, 2.24) is 5.43 Å². The normalized spacial score (nSPS) is 10.6. The van der Waals surface area contributed by atoms with Crippen molar-refractivity contribution in [3.63, 3.8) is 0 Å². The van der Waals surface area contributed by atoms with E-state index in [1.807, 2.05) is 54.6 Å². The molecule has 0 fully saturated rings. The Morgan fingerprint density at radius 3 is 2.34 bits per heavy atom. The highest BCUT2D eigenvalue weighted by atomic mass is 16.5. The maximum atomic E-state index is 12.0. The zero-order valence-electron chi connectivity index (χ0n) is 15.6. The number of carbonyl (C=O) groups is 2. The van der Waals surface area contributed by atoms with Gasteiger partial charge in [0.05, 0.1) is 11.8 Å². The molecule has 0 aromatic heterocycles. The Labute approximate surface area is 168 Å². The first-order valence-electron chi connectivity index (χ1n) is 9.02. The second kappa shape index (κ2) is 9.85. The van der Waals surface area contributed by atoms with Gasteiger partial charge in [-0.05, 0) is 34.9 Å². The number of hydrogen-bond donors (Lipinski definition) is 2. The molecule has 3 aromatic rings. The highest BCUT2D eigenvalue weighted by molar-refractivity contribution is 5.89. The Kier molecular flexibility index (Phi) is 6.73. The second-order valence-electron chi connectivity index (χ2n) is 6.28. The summed E-state index contributed by atoms with van der Waals surface area (Å²) >= 11 is 0. The number of carboxylic acid groups (broad SMARTS) is 1. The molecular weight excluding hydrogens is 368 g/mol. The van der Waals surface area contributed by atoms with E-state index < -0.39 is 11.9 Å². The van der Waals surface area contributed by atoms with Gasteiger partial charge in [0.25, 0.3) is 5.91 Å². The molecule has 0 bridgehead atoms. The van der Waals surface area contributed by atoms with Gasteiger partial charge in [0.15, 0.2) is 6.61 Å². The van der Waals surface area contributed by atoms with Gasteiger partial charge in [-0.2, -0.15) is 5.10 Å². The average Bonchev–Trinajstić information content (AvgIpc) is 2.74. The van der Waals surface area contributed by atoms with E-state index in [-0.39, 0.29) is 12.2 Å². The van der Waals surface area contributed by atoms with Crippen LogP contribution in [0.25, 0.3) is 0 Å². The van der Waals surface area contributed by atoms with Gasteiger partial charge in [0.2, 0.25) is 0 Å². The van der Waals surface area contributed by atoms with Crippen LogP contribution in [0.15, 0.2) is 84.0 Å². The summed E-state index contributed by atoms with van der Waals surface area (Å²) in [6, 6.07) is 23.8. The van der Waals surface area contributed by atoms with E-state index in [1.54, 1.807) is 12.1 Å². The van der Waals surface area contributed by atoms with Crippen molar-refractivity contribution in [1.29, 1.82) is 0 Å². The molecule has 6 heteroatoms. The number of rotatable bonds is 8. The molecule has 0 saturated carbocycles. The minimum Gasteiger partial charge on any atom is -0.483 e. The van der Waals surface area contributed by atoms with Gasteiger partial charge in [-0.3, -0.25) is 4.79 Å². The molecule has 0 aliphatic heterocycles. The first-order valence-corrected chi connectivity index (χ1v) is 9.02. The van der Waals surface area contributed by atoms with Crippen LogP contribution in [0.5, 0.6) is 5.75 Å². The zero-order valence-corrected chi connectivity index (χ0v) is 15.6. The van der Waals surface area contributed by atoms with E-state index >= 15 is 0 Å². The standard InChI is InChI=1S/C23H20N2O4/c26-22(25-24-15-18-10-12-19(13-11-18)23(27)28)16-29-21-9-5-4-8-20(21)14-17-6-2-1-3-7-17/h1-13,15H,14,16H2,(H,25,26)(H,27,28)/b24-15-. The van der Waals surface area contributed by atoms with E-state index in [1.165, 1.54) is 18.3 Å². The van der Waals surface area contributed by atoms with Crippen molar-refractivity contribution in [3.8, 4) is 5.75 Å². The Bertz CT molecular complexity index is 999. The van der Waals surface area contributed by atoms with Gasteiger partial charge in [0.1, 0.15) is 5.75 Å². The fraction of sp³-hybridized carbons (Fsp3) is 0.0870. The van der Waals surface area contributed by atoms with E-state index in [2.05, 4.69) is 10.5 Å². The molecule has 0 saturated heterocycles. The molecular formula is C23H20N2O4. The van der Waals surface area contributed by atoms with Gasteiger partial charge in [-0.15, -0.1) is 0 Å². The summed E-state index contributed by atoms with van der Waals surface area (Å²) in [7, 11) is 0. The smallest absolute Gasteiger partial charge is 0.335 e. The quantitative estimate of drug-likeness (QED) is 0.457. The Morgan fingerprint density at radius 1 is 0.931 bits per heavy atom. The van der Waals surface area contributed by atoms with Crippen LogP contribution in [-0.4, -0.2) is 29.8 Å². The molecule has 0 aliphatic rings. The van der Waals surface area contributed by atoms with Crippen LogP contribution in [0.1, 0.15) is 27.0 Å². The van der Waals surface area contributed by atoms with Gasteiger partial charge < -0.3 is 9.84 Å². The van der Waals surface area contributed by atoms with Crippen LogP contribution in [-0.2, 0) is 11.2 Å². The van der Waals surface area contributed by atoms with Gasteiger partial charge in [-0.25, -0.2) is 10.2 Å². The summed E-state index contributed by atoms with van der Waals surface area (Å²) in [5, 5.41) is 12.7. The van der Waals surface area contributed by atoms with Crippen molar-refractivity contribution in [2.24, 2.45) is 5.10 Å². The number of aromatic carboxylic acids is 1. The predicted molar refractivity (Wildman–Crippen MR) is 110 cm³/mol. The summed E-state index contributed by atoms with van der Waals surface area (Å²) in [5.74, 6) is -0.732. The minimum atomic E-state index is -0.994. The topological polar surface area (TPSA) is 88.0 Å². The summed E-state index contributed by atoms with van der Waals surface area (Å²) in [6.07, 6.45) is 2.15. The lowest BCUT2D eigenvalue weighted by Gasteiger charge is -2.11. The van der Waals surface area contributed by atoms with Crippen molar-refractivity contribution < 1.29 is 19.4 Å². The monoisotopic (exact) mass is 388 g/mol. The maximum absolute atomic E-state index is 12.0. The number of hydrazone groups is 1. The number of nitrogens with zero attached hydrogens (tertiary/aromatic N) is 1. The number of nitrogens with one attached hydrogen (secondary N) is 1. The molecule has 0 heterocycles. The molecule has 6 nitrogen and oxygen atoms in total. The number of hydrogen-bond acceptors (Lipinski definition) is 4. The number of para-hydroxylation sites is 1. The Hall–Kier alpha value is -3.93. The predicted octanol–water partition coefficient (Wildman–Crippen LogP) is 3.50. The third kappa shape index (κ3) is 6.04. The Morgan fingerprint density at radius 2 is 1.62 bits per heavy atom. The van der Waals surface area contributed by atoms with E-state index in [4.69, 9.17) is 9.84 Å². The van der Waals surface area contributed by atoms with Gasteiger partial charge >= 0.3 is 5.97 Å². The van der Waals surface area contributed by atoms with Crippen LogP contribution in [0.4, 0.5) is 0 Å². The number of ether oxygens (including phenoxy) is 1. The van der Waals surface area contributed by atoms with Crippen LogP contribution < -0.4 is 10.2 Å². The molecule has 2 N–H and O–H groups in total. The third-order valence-electron chi connectivity index (χ3n) is 4.13. The summed E-state index contributed by atoms with van der Waals surface area (Å²) < 4.78 is 5.66. The average molecular weight is 388 g/mol. The highest BCUT2D eigenvalue weighted by Gasteiger charge is 2.07. The number of carboxylic acids is 1. The first-order chi connectivity index (χ1) is 14.1. The summed E-state index contributed by atoms with van der Waals surface area (Å²) in [4.78, 5) is 22.8. The zero-order chi connectivity index (χ0) is 20.5. The molecule has 3 aromatic carbocycles. The lowest BCUT2D eigenvalue weighted by molar-refractivity contribution is -0.123. The SMILES string of the molecule is O=C(COc1ccccc1Cc1ccccc1)N/N=C\c1ccc(C(=O)O)cc1. The lowest BCUT2D eigenvalue weighted by Crippen LogP contribution is -2.24. The maximum Gasteiger partial charge on any atom is 0.335 e. The van der Waals surface area contributed by atoms with E-state index in [0.29, 0.717) is 17.7 Å². The minimum absolute atomic E-state index is 0.166. The van der Waals surface area contributed by atoms with E-state index in [0.717, 1.165) is 11.1 Å². The number of benzene rings is 3. The van der Waals surface area contributed by atoms with Crippen LogP contribution in [0.3, 0.4) is 0 Å². The second-order valence-corrected chi connectivity index (χ2v) is 6.28. The van der Waals surface area contributed by atoms with Gasteiger partial charge in [0, 0.05) is 6.42 Å². The molecule has 146 valence electrons. The molecule has 0 atom stereocenters. The summed E-state index contributed by atoms with van der Waals surface area (Å²) in [6.45, 7) is -0.166. The largest absolute Gasteiger partial charge is 0.483 e. The Balaban J connectivity index is 1.52. The highest BCUT2D eigenvalue weighted by Crippen LogP contribution is 2.21. The van der Waals surface area contributed by atoms with Crippen LogP contribution >= 0.6 is 0 Å². The molecule has 0 aliphatic carbocycles. The third-order valence-corrected chi connectivity index (χ3v) is 4.13. The molecule has 0 spiro atoms. The van der Waals surface area contributed by atoms with Crippen LogP contribution in [0.2, 0.25) is 0 Å². The molecule has 1 amide bonds. The molecule has 0 unspecified atom stereocenters. The first kappa shape index (κ1) is 19.8. The van der Waals surface area contributed by atoms with Crippen molar-refractivity contribution in [2.45, 2.75) is 6.42 Å². The fourth-order valence-electron chi connectivity index (χ4n) is 2.67. The van der Waals surface area contributed by atoms with Gasteiger partial charge in [-0.1, -0.05) is 60.7 Å². The molecule has 3 rings (SSSR count). The fourth-order valence-corrected chi connectivity index (χ4v) is 2.67. The van der Waals surface area contributed by atoms with Crippen molar-refractivity contribution >= 4 is 18.1 Å². The van der Waals surface area contributed by atoms with Crippen molar-refractivity contribution in [3.05, 3.63) is 101 Å². The molecule has 0 radical (unpaired) electrons. The lowest BCUT2D eigenvalue weighted by atomic mass is 10.0. The van der Waals surface area contributed by atoms with Crippen LogP contribution in [0, 0.1) is 0 Å². The number of amides is 1. The van der Waals surface area contributed by atoms with E-state index in [9.17, 15) is 9.59 Å². The summed E-state index contributed by atoms with van der Waals surface area (Å²) in [5.41, 5.74) is 5.41.